The van der Waals surface area contributed by atoms with Crippen LogP contribution in [0.2, 0.25) is 5.02 Å². The monoisotopic (exact) mass is 448 g/mol. The number of aryl methyl sites for hydroxylation is 1. The van der Waals surface area contributed by atoms with Crippen LogP contribution in [0.5, 0.6) is 0 Å². The number of nitrogens with one attached hydrogen (secondary N) is 1. The van der Waals surface area contributed by atoms with Gasteiger partial charge in [0.25, 0.3) is 0 Å². The Hall–Kier alpha value is -2.76. The van der Waals surface area contributed by atoms with Crippen LogP contribution in [0.25, 0.3) is 0 Å². The molecule has 3 aromatic rings. The molecule has 1 amide bonds. The largest absolute Gasteiger partial charge is 0.349 e. The number of hydrogen-bond donors (Lipinski definition) is 1. The molecule has 1 aromatic carbocycles. The van der Waals surface area contributed by atoms with Crippen LogP contribution in [-0.2, 0) is 17.8 Å². The SMILES string of the molecule is Cc1cc(Cc2cccc(Cl)c2)cc([C@@H]2CCCN(CC(=O)NCc3ccccn3)C2)n1. The molecule has 1 saturated heterocycles. The minimum atomic E-state index is 0.0372. The van der Waals surface area contributed by atoms with Crippen LogP contribution in [0.15, 0.2) is 60.8 Å². The van der Waals surface area contributed by atoms with Crippen LogP contribution in [0, 0.1) is 6.92 Å². The first kappa shape index (κ1) is 22.4. The van der Waals surface area contributed by atoms with E-state index < -0.39 is 0 Å². The van der Waals surface area contributed by atoms with Crippen molar-refractivity contribution in [1.82, 2.24) is 20.2 Å². The van der Waals surface area contributed by atoms with Crippen molar-refractivity contribution >= 4 is 17.5 Å². The van der Waals surface area contributed by atoms with Crippen molar-refractivity contribution in [1.29, 1.82) is 0 Å². The number of carbonyl (C=O) groups is 1. The summed E-state index contributed by atoms with van der Waals surface area (Å²) in [7, 11) is 0. The average Bonchev–Trinajstić information content (AvgIpc) is 2.78. The number of halogens is 1. The normalized spacial score (nSPS) is 16.6. The van der Waals surface area contributed by atoms with Gasteiger partial charge in [0.15, 0.2) is 0 Å². The van der Waals surface area contributed by atoms with Gasteiger partial charge in [-0.15, -0.1) is 0 Å². The first-order valence-corrected chi connectivity index (χ1v) is 11.5. The minimum absolute atomic E-state index is 0.0372. The molecule has 32 heavy (non-hydrogen) atoms. The minimum Gasteiger partial charge on any atom is -0.349 e. The molecule has 1 fully saturated rings. The van der Waals surface area contributed by atoms with Crippen LogP contribution in [0.3, 0.4) is 0 Å². The maximum absolute atomic E-state index is 12.5. The van der Waals surface area contributed by atoms with Gasteiger partial charge in [-0.2, -0.15) is 0 Å². The van der Waals surface area contributed by atoms with Crippen LogP contribution in [0.4, 0.5) is 0 Å². The van der Waals surface area contributed by atoms with Gasteiger partial charge in [-0.1, -0.05) is 29.8 Å². The molecule has 0 saturated carbocycles. The number of carbonyl (C=O) groups excluding carboxylic acids is 1. The predicted octanol–water partition coefficient (Wildman–Crippen LogP) is 4.53. The van der Waals surface area contributed by atoms with Crippen molar-refractivity contribution in [3.63, 3.8) is 0 Å². The quantitative estimate of drug-likeness (QED) is 0.577. The summed E-state index contributed by atoms with van der Waals surface area (Å²) in [6, 6.07) is 18.1. The second-order valence-corrected chi connectivity index (χ2v) is 8.96. The lowest BCUT2D eigenvalue weighted by atomic mass is 9.92. The zero-order chi connectivity index (χ0) is 22.3. The van der Waals surface area contributed by atoms with Gasteiger partial charge in [-0.25, -0.2) is 0 Å². The Labute approximate surface area is 194 Å². The second-order valence-electron chi connectivity index (χ2n) is 8.52. The molecule has 1 N–H and O–H groups in total. The molecule has 1 atom stereocenters. The molecular weight excluding hydrogens is 420 g/mol. The Balaban J connectivity index is 1.37. The van der Waals surface area contributed by atoms with Gasteiger partial charge in [0.1, 0.15) is 0 Å². The molecule has 166 valence electrons. The highest BCUT2D eigenvalue weighted by Crippen LogP contribution is 2.27. The Bertz CT molecular complexity index is 1060. The fraction of sp³-hybridized carbons (Fsp3) is 0.346. The highest BCUT2D eigenvalue weighted by molar-refractivity contribution is 6.30. The van der Waals surface area contributed by atoms with E-state index in [2.05, 4.69) is 40.3 Å². The topological polar surface area (TPSA) is 58.1 Å². The Morgan fingerprint density at radius 3 is 2.88 bits per heavy atom. The first-order chi connectivity index (χ1) is 15.5. The molecule has 0 radical (unpaired) electrons. The van der Waals surface area contributed by atoms with E-state index in [-0.39, 0.29) is 5.91 Å². The van der Waals surface area contributed by atoms with Gasteiger partial charge < -0.3 is 5.32 Å². The average molecular weight is 449 g/mol. The van der Waals surface area contributed by atoms with Crippen molar-refractivity contribution in [3.8, 4) is 0 Å². The number of pyridine rings is 2. The molecule has 0 bridgehead atoms. The van der Waals surface area contributed by atoms with E-state index in [0.717, 1.165) is 54.5 Å². The van der Waals surface area contributed by atoms with Gasteiger partial charge in [0.05, 0.1) is 18.8 Å². The summed E-state index contributed by atoms with van der Waals surface area (Å²) in [5, 5.41) is 3.74. The number of benzene rings is 1. The zero-order valence-corrected chi connectivity index (χ0v) is 19.2. The third kappa shape index (κ3) is 6.38. The number of amides is 1. The maximum Gasteiger partial charge on any atom is 0.234 e. The lowest BCUT2D eigenvalue weighted by molar-refractivity contribution is -0.122. The van der Waals surface area contributed by atoms with E-state index in [1.807, 2.05) is 36.4 Å². The van der Waals surface area contributed by atoms with Crippen LogP contribution in [0.1, 0.15) is 47.0 Å². The van der Waals surface area contributed by atoms with Crippen molar-refractivity contribution < 1.29 is 4.79 Å². The third-order valence-corrected chi connectivity index (χ3v) is 6.05. The van der Waals surface area contributed by atoms with E-state index in [1.54, 1.807) is 6.20 Å². The summed E-state index contributed by atoms with van der Waals surface area (Å²) in [4.78, 5) is 23.8. The van der Waals surface area contributed by atoms with Crippen molar-refractivity contribution in [3.05, 3.63) is 94.0 Å². The smallest absolute Gasteiger partial charge is 0.234 e. The standard InChI is InChI=1S/C26H29ClN4O/c1-19-12-21(13-20-6-4-8-23(27)14-20)15-25(30-19)22-7-5-11-31(17-22)18-26(32)29-16-24-9-2-3-10-28-24/h2-4,6,8-10,12,14-15,22H,5,7,11,13,16-18H2,1H3,(H,29,32)/t22-/m1/s1. The third-order valence-electron chi connectivity index (χ3n) is 5.81. The van der Waals surface area contributed by atoms with Crippen molar-refractivity contribution in [2.24, 2.45) is 0 Å². The van der Waals surface area contributed by atoms with Crippen molar-refractivity contribution in [2.75, 3.05) is 19.6 Å². The summed E-state index contributed by atoms with van der Waals surface area (Å²) in [6.45, 7) is 4.71. The molecule has 2 aromatic heterocycles. The summed E-state index contributed by atoms with van der Waals surface area (Å²) in [5.41, 5.74) is 5.47. The molecule has 3 heterocycles. The van der Waals surface area contributed by atoms with Crippen LogP contribution in [-0.4, -0.2) is 40.4 Å². The fourth-order valence-electron chi connectivity index (χ4n) is 4.35. The highest BCUT2D eigenvalue weighted by Gasteiger charge is 2.24. The Kier molecular flexibility index (Phi) is 7.51. The molecule has 0 unspecified atom stereocenters. The lowest BCUT2D eigenvalue weighted by Crippen LogP contribution is -2.42. The summed E-state index contributed by atoms with van der Waals surface area (Å²) >= 11 is 6.16. The van der Waals surface area contributed by atoms with E-state index in [1.165, 1.54) is 11.1 Å². The van der Waals surface area contributed by atoms with Crippen molar-refractivity contribution in [2.45, 2.75) is 38.6 Å². The Morgan fingerprint density at radius 1 is 1.16 bits per heavy atom. The number of likely N-dealkylation sites (tertiary alicyclic amines) is 1. The molecule has 4 rings (SSSR count). The summed E-state index contributed by atoms with van der Waals surface area (Å²) in [5.74, 6) is 0.375. The highest BCUT2D eigenvalue weighted by atomic mass is 35.5. The van der Waals surface area contributed by atoms with E-state index in [9.17, 15) is 4.79 Å². The molecule has 6 heteroatoms. The van der Waals surface area contributed by atoms with Gasteiger partial charge in [-0.05, 0) is 80.3 Å². The number of hydrogen-bond acceptors (Lipinski definition) is 4. The molecular formula is C26H29ClN4O. The Morgan fingerprint density at radius 2 is 2.06 bits per heavy atom. The van der Waals surface area contributed by atoms with Crippen LogP contribution < -0.4 is 5.32 Å². The van der Waals surface area contributed by atoms with E-state index in [0.29, 0.717) is 19.0 Å². The fourth-order valence-corrected chi connectivity index (χ4v) is 4.57. The molecule has 0 aliphatic carbocycles. The molecule has 1 aliphatic rings. The number of rotatable bonds is 7. The van der Waals surface area contributed by atoms with E-state index >= 15 is 0 Å². The molecule has 5 nitrogen and oxygen atoms in total. The van der Waals surface area contributed by atoms with Gasteiger partial charge in [0.2, 0.25) is 5.91 Å². The van der Waals surface area contributed by atoms with Gasteiger partial charge >= 0.3 is 0 Å². The lowest BCUT2D eigenvalue weighted by Gasteiger charge is -2.32. The predicted molar refractivity (Wildman–Crippen MR) is 128 cm³/mol. The van der Waals surface area contributed by atoms with Gasteiger partial charge in [-0.3, -0.25) is 19.7 Å². The number of nitrogens with zero attached hydrogens (tertiary/aromatic N) is 3. The van der Waals surface area contributed by atoms with Crippen LogP contribution >= 0.6 is 11.6 Å². The summed E-state index contributed by atoms with van der Waals surface area (Å²) < 4.78 is 0. The zero-order valence-electron chi connectivity index (χ0n) is 18.4. The van der Waals surface area contributed by atoms with E-state index in [4.69, 9.17) is 16.6 Å². The molecule has 0 spiro atoms. The number of aromatic nitrogens is 2. The second kappa shape index (κ2) is 10.7. The maximum atomic E-state index is 12.5. The number of piperidine rings is 1. The summed E-state index contributed by atoms with van der Waals surface area (Å²) in [6.07, 6.45) is 4.74. The van der Waals surface area contributed by atoms with Gasteiger partial charge in [0, 0.05) is 35.1 Å². The first-order valence-electron chi connectivity index (χ1n) is 11.2. The molecule has 1 aliphatic heterocycles.